The van der Waals surface area contributed by atoms with Crippen molar-refractivity contribution < 1.29 is 27.8 Å². The van der Waals surface area contributed by atoms with Crippen molar-refractivity contribution in [3.63, 3.8) is 0 Å². The minimum Gasteiger partial charge on any atom is -0.478 e. The number of sulfone groups is 1. The van der Waals surface area contributed by atoms with Crippen LogP contribution in [-0.2, 0) is 19.3 Å². The molecule has 0 unspecified atom stereocenters. The minimum absolute atomic E-state index is 0.00964. The van der Waals surface area contributed by atoms with Crippen molar-refractivity contribution in [2.24, 2.45) is 0 Å². The summed E-state index contributed by atoms with van der Waals surface area (Å²) in [5.41, 5.74) is 0.0572. The van der Waals surface area contributed by atoms with E-state index in [-0.39, 0.29) is 28.9 Å². The molecule has 1 aromatic rings. The highest BCUT2D eigenvalue weighted by molar-refractivity contribution is 7.91. The highest BCUT2D eigenvalue weighted by Gasteiger charge is 2.21. The number of ether oxygens (including phenoxy) is 2. The molecule has 2 rings (SSSR count). The first-order valence-electron chi connectivity index (χ1n) is 5.74. The zero-order chi connectivity index (χ0) is 13.9. The monoisotopic (exact) mass is 286 g/mol. The van der Waals surface area contributed by atoms with Crippen LogP contribution in [0.3, 0.4) is 0 Å². The standard InChI is InChI=1S/C12H14O6S/c13-12(14)9-1-3-11(4-2-9)19(15,16)6-5-18-10-7-17-8-10/h1-4,10H,5-8H2,(H,13,14). The van der Waals surface area contributed by atoms with Gasteiger partial charge in [-0.2, -0.15) is 0 Å². The quantitative estimate of drug-likeness (QED) is 0.822. The summed E-state index contributed by atoms with van der Waals surface area (Å²) >= 11 is 0. The Morgan fingerprint density at radius 1 is 1.32 bits per heavy atom. The largest absolute Gasteiger partial charge is 0.478 e. The van der Waals surface area contributed by atoms with E-state index >= 15 is 0 Å². The third kappa shape index (κ3) is 3.52. The number of aromatic carboxylic acids is 1. The van der Waals surface area contributed by atoms with Crippen molar-refractivity contribution in [1.29, 1.82) is 0 Å². The summed E-state index contributed by atoms with van der Waals surface area (Å²) in [5, 5.41) is 8.73. The first kappa shape index (κ1) is 14.0. The molecule has 1 aliphatic heterocycles. The second kappa shape index (κ2) is 5.68. The summed E-state index contributed by atoms with van der Waals surface area (Å²) < 4.78 is 34.1. The van der Waals surface area contributed by atoms with Gasteiger partial charge in [0.15, 0.2) is 9.84 Å². The van der Waals surface area contributed by atoms with E-state index in [2.05, 4.69) is 0 Å². The molecule has 104 valence electrons. The van der Waals surface area contributed by atoms with Gasteiger partial charge in [-0.05, 0) is 24.3 Å². The van der Waals surface area contributed by atoms with E-state index in [4.69, 9.17) is 14.6 Å². The van der Waals surface area contributed by atoms with Crippen LogP contribution in [0.2, 0.25) is 0 Å². The Morgan fingerprint density at radius 2 is 1.95 bits per heavy atom. The van der Waals surface area contributed by atoms with Gasteiger partial charge in [0.2, 0.25) is 0 Å². The van der Waals surface area contributed by atoms with Crippen LogP contribution in [0.4, 0.5) is 0 Å². The number of hydrogen-bond acceptors (Lipinski definition) is 5. The lowest BCUT2D eigenvalue weighted by atomic mass is 10.2. The van der Waals surface area contributed by atoms with Crippen molar-refractivity contribution in [3.05, 3.63) is 29.8 Å². The second-order valence-corrected chi connectivity index (χ2v) is 6.29. The molecule has 0 spiro atoms. The molecule has 1 saturated heterocycles. The number of carboxylic acids is 1. The van der Waals surface area contributed by atoms with Crippen molar-refractivity contribution in [1.82, 2.24) is 0 Å². The predicted molar refractivity (Wildman–Crippen MR) is 66.0 cm³/mol. The molecule has 0 atom stereocenters. The molecule has 0 radical (unpaired) electrons. The average molecular weight is 286 g/mol. The molecule has 0 amide bonds. The van der Waals surface area contributed by atoms with Gasteiger partial charge >= 0.3 is 5.97 Å². The number of benzene rings is 1. The fourth-order valence-electron chi connectivity index (χ4n) is 1.56. The van der Waals surface area contributed by atoms with Crippen LogP contribution in [0, 0.1) is 0 Å². The normalized spacial score (nSPS) is 16.0. The number of hydrogen-bond donors (Lipinski definition) is 1. The van der Waals surface area contributed by atoms with Crippen LogP contribution >= 0.6 is 0 Å². The van der Waals surface area contributed by atoms with E-state index in [0.717, 1.165) is 0 Å². The summed E-state index contributed by atoms with van der Waals surface area (Å²) in [6.07, 6.45) is -0.00964. The molecule has 1 heterocycles. The molecular formula is C12H14O6S. The second-order valence-electron chi connectivity index (χ2n) is 4.18. The summed E-state index contributed by atoms with van der Waals surface area (Å²) in [6, 6.07) is 5.14. The highest BCUT2D eigenvalue weighted by Crippen LogP contribution is 2.13. The van der Waals surface area contributed by atoms with Crippen molar-refractivity contribution in [2.45, 2.75) is 11.0 Å². The zero-order valence-electron chi connectivity index (χ0n) is 10.1. The molecule has 1 aliphatic rings. The van der Waals surface area contributed by atoms with E-state index in [0.29, 0.717) is 13.2 Å². The molecule has 0 aliphatic carbocycles. The van der Waals surface area contributed by atoms with Crippen LogP contribution in [0.25, 0.3) is 0 Å². The van der Waals surface area contributed by atoms with Crippen LogP contribution in [0.1, 0.15) is 10.4 Å². The van der Waals surface area contributed by atoms with Gasteiger partial charge in [-0.15, -0.1) is 0 Å². The Morgan fingerprint density at radius 3 is 2.42 bits per heavy atom. The smallest absolute Gasteiger partial charge is 0.335 e. The molecule has 0 saturated carbocycles. The fourth-order valence-corrected chi connectivity index (χ4v) is 2.66. The number of carboxylic acid groups (broad SMARTS) is 1. The van der Waals surface area contributed by atoms with Gasteiger partial charge in [0, 0.05) is 0 Å². The molecule has 6 nitrogen and oxygen atoms in total. The number of carbonyl (C=O) groups is 1. The van der Waals surface area contributed by atoms with Gasteiger partial charge in [-0.3, -0.25) is 0 Å². The average Bonchev–Trinajstić information content (AvgIpc) is 2.32. The zero-order valence-corrected chi connectivity index (χ0v) is 10.9. The summed E-state index contributed by atoms with van der Waals surface area (Å²) in [4.78, 5) is 10.8. The van der Waals surface area contributed by atoms with Crippen LogP contribution < -0.4 is 0 Å². The molecule has 1 aromatic carbocycles. The molecular weight excluding hydrogens is 272 g/mol. The van der Waals surface area contributed by atoms with Crippen LogP contribution in [-0.4, -0.2) is 51.2 Å². The van der Waals surface area contributed by atoms with Gasteiger partial charge in [-0.1, -0.05) is 0 Å². The first-order chi connectivity index (χ1) is 8.99. The van der Waals surface area contributed by atoms with E-state index in [1.54, 1.807) is 0 Å². The van der Waals surface area contributed by atoms with E-state index in [1.165, 1.54) is 24.3 Å². The van der Waals surface area contributed by atoms with E-state index in [1.807, 2.05) is 0 Å². The predicted octanol–water partition coefficient (Wildman–Crippen LogP) is 0.574. The van der Waals surface area contributed by atoms with Crippen molar-refractivity contribution >= 4 is 15.8 Å². The SMILES string of the molecule is O=C(O)c1ccc(S(=O)(=O)CCOC2COC2)cc1. The lowest BCUT2D eigenvalue weighted by molar-refractivity contribution is -0.126. The Balaban J connectivity index is 1.95. The Kier molecular flexibility index (Phi) is 4.18. The third-order valence-corrected chi connectivity index (χ3v) is 4.47. The Bertz CT molecular complexity index is 544. The van der Waals surface area contributed by atoms with Gasteiger partial charge < -0.3 is 14.6 Å². The Labute approximate surface area is 110 Å². The summed E-state index contributed by atoms with van der Waals surface area (Å²) in [7, 11) is -3.44. The number of rotatable bonds is 6. The molecule has 0 aromatic heterocycles. The van der Waals surface area contributed by atoms with Gasteiger partial charge in [0.1, 0.15) is 6.10 Å². The lowest BCUT2D eigenvalue weighted by Crippen LogP contribution is -2.37. The molecule has 0 bridgehead atoms. The molecule has 1 N–H and O–H groups in total. The van der Waals surface area contributed by atoms with Crippen molar-refractivity contribution in [2.75, 3.05) is 25.6 Å². The maximum Gasteiger partial charge on any atom is 0.335 e. The van der Waals surface area contributed by atoms with Crippen LogP contribution in [0.15, 0.2) is 29.2 Å². The van der Waals surface area contributed by atoms with Gasteiger partial charge in [-0.25, -0.2) is 13.2 Å². The maximum atomic E-state index is 11.9. The molecule has 19 heavy (non-hydrogen) atoms. The fraction of sp³-hybridized carbons (Fsp3) is 0.417. The third-order valence-electron chi connectivity index (χ3n) is 2.77. The van der Waals surface area contributed by atoms with Gasteiger partial charge in [0.25, 0.3) is 0 Å². The lowest BCUT2D eigenvalue weighted by Gasteiger charge is -2.25. The molecule has 1 fully saturated rings. The highest BCUT2D eigenvalue weighted by atomic mass is 32.2. The Hall–Kier alpha value is -1.44. The van der Waals surface area contributed by atoms with E-state index in [9.17, 15) is 13.2 Å². The molecule has 7 heteroatoms. The maximum absolute atomic E-state index is 11.9. The summed E-state index contributed by atoms with van der Waals surface area (Å²) in [6.45, 7) is 1.12. The summed E-state index contributed by atoms with van der Waals surface area (Å²) in [5.74, 6) is -1.21. The van der Waals surface area contributed by atoms with Crippen molar-refractivity contribution in [3.8, 4) is 0 Å². The topological polar surface area (TPSA) is 89.9 Å². The van der Waals surface area contributed by atoms with E-state index < -0.39 is 15.8 Å². The first-order valence-corrected chi connectivity index (χ1v) is 7.40. The van der Waals surface area contributed by atoms with Gasteiger partial charge in [0.05, 0.1) is 36.0 Å². The van der Waals surface area contributed by atoms with Crippen LogP contribution in [0.5, 0.6) is 0 Å². The minimum atomic E-state index is -3.44.